The maximum Gasteiger partial charge on any atom is 0.251 e. The van der Waals surface area contributed by atoms with E-state index in [0.29, 0.717) is 27.5 Å². The molecule has 156 valence electrons. The lowest BCUT2D eigenvalue weighted by Crippen LogP contribution is -2.23. The zero-order valence-electron chi connectivity index (χ0n) is 16.6. The van der Waals surface area contributed by atoms with Crippen LogP contribution in [0.2, 0.25) is 5.02 Å². The summed E-state index contributed by atoms with van der Waals surface area (Å²) >= 11 is 7.05. The first-order chi connectivity index (χ1) is 14.4. The van der Waals surface area contributed by atoms with Crippen LogP contribution in [-0.2, 0) is 11.3 Å². The summed E-state index contributed by atoms with van der Waals surface area (Å²) < 4.78 is 0. The highest BCUT2D eigenvalue weighted by molar-refractivity contribution is 7.99. The third-order valence-corrected chi connectivity index (χ3v) is 5.32. The molecule has 0 unspecified atom stereocenters. The number of hydrogen-bond acceptors (Lipinski definition) is 5. The van der Waals surface area contributed by atoms with Crippen molar-refractivity contribution in [3.63, 3.8) is 0 Å². The van der Waals surface area contributed by atoms with Crippen molar-refractivity contribution in [1.29, 1.82) is 0 Å². The van der Waals surface area contributed by atoms with E-state index in [1.54, 1.807) is 24.3 Å². The van der Waals surface area contributed by atoms with Crippen molar-refractivity contribution < 1.29 is 9.59 Å². The van der Waals surface area contributed by atoms with Gasteiger partial charge in [0, 0.05) is 16.3 Å². The number of hydrogen-bond donors (Lipinski definition) is 3. The lowest BCUT2D eigenvalue weighted by atomic mass is 10.0. The number of carbonyl (C=O) groups excluding carboxylic acids is 2. The topological polar surface area (TPSA) is 99.8 Å². The van der Waals surface area contributed by atoms with Crippen LogP contribution in [0.25, 0.3) is 0 Å². The van der Waals surface area contributed by atoms with Crippen molar-refractivity contribution in [2.24, 2.45) is 0 Å². The van der Waals surface area contributed by atoms with Crippen molar-refractivity contribution in [3.05, 3.63) is 70.5 Å². The van der Waals surface area contributed by atoms with Gasteiger partial charge in [-0.05, 0) is 41.8 Å². The molecule has 3 rings (SSSR count). The number of aromatic nitrogens is 3. The molecule has 0 spiro atoms. The fraction of sp³-hybridized carbons (Fsp3) is 0.238. The predicted molar refractivity (Wildman–Crippen MR) is 119 cm³/mol. The first-order valence-electron chi connectivity index (χ1n) is 9.39. The maximum absolute atomic E-state index is 12.3. The van der Waals surface area contributed by atoms with Crippen LogP contribution in [0.3, 0.4) is 0 Å². The molecule has 2 amide bonds. The number of amides is 2. The first-order valence-corrected chi connectivity index (χ1v) is 10.8. The summed E-state index contributed by atoms with van der Waals surface area (Å²) in [6.45, 7) is 4.37. The van der Waals surface area contributed by atoms with Crippen LogP contribution in [-0.4, -0.2) is 32.7 Å². The van der Waals surface area contributed by atoms with E-state index in [-0.39, 0.29) is 24.1 Å². The van der Waals surface area contributed by atoms with E-state index in [1.165, 1.54) is 11.8 Å². The van der Waals surface area contributed by atoms with Gasteiger partial charge in [0.15, 0.2) is 0 Å². The Hall–Kier alpha value is -2.84. The van der Waals surface area contributed by atoms with Gasteiger partial charge in [-0.15, -0.1) is 5.10 Å². The number of nitrogens with zero attached hydrogens (tertiary/aromatic N) is 2. The molecule has 7 nitrogen and oxygen atoms in total. The SMILES string of the molecule is CC(C)c1ccccc1NC(=O)CSc1n[nH]c(CNC(=O)c2ccc(Cl)cc2)n1. The van der Waals surface area contributed by atoms with Gasteiger partial charge in [-0.25, -0.2) is 4.98 Å². The van der Waals surface area contributed by atoms with Crippen LogP contribution in [0.15, 0.2) is 53.7 Å². The van der Waals surface area contributed by atoms with E-state index >= 15 is 0 Å². The fourth-order valence-electron chi connectivity index (χ4n) is 2.72. The molecule has 0 radical (unpaired) electrons. The molecule has 0 fully saturated rings. The van der Waals surface area contributed by atoms with Crippen LogP contribution in [0.1, 0.15) is 41.5 Å². The van der Waals surface area contributed by atoms with E-state index in [9.17, 15) is 9.59 Å². The Morgan fingerprint density at radius 3 is 2.60 bits per heavy atom. The number of carbonyl (C=O) groups is 2. The second-order valence-electron chi connectivity index (χ2n) is 6.83. The number of para-hydroxylation sites is 1. The summed E-state index contributed by atoms with van der Waals surface area (Å²) in [5.41, 5.74) is 2.41. The molecule has 0 aliphatic heterocycles. The molecule has 9 heteroatoms. The zero-order chi connectivity index (χ0) is 21.5. The number of H-pyrrole nitrogens is 1. The molecule has 3 N–H and O–H groups in total. The number of rotatable bonds is 8. The van der Waals surface area contributed by atoms with Crippen molar-refractivity contribution in [3.8, 4) is 0 Å². The molecule has 0 bridgehead atoms. The van der Waals surface area contributed by atoms with E-state index in [4.69, 9.17) is 11.6 Å². The highest BCUT2D eigenvalue weighted by Gasteiger charge is 2.12. The standard InChI is InChI=1S/C21H22ClN5O2S/c1-13(2)16-5-3-4-6-17(16)24-19(28)12-30-21-25-18(26-27-21)11-23-20(29)14-7-9-15(22)10-8-14/h3-10,13H,11-12H2,1-2H3,(H,23,29)(H,24,28)(H,25,26,27). The van der Waals surface area contributed by atoms with Gasteiger partial charge in [0.05, 0.1) is 12.3 Å². The van der Waals surface area contributed by atoms with Crippen molar-refractivity contribution in [1.82, 2.24) is 20.5 Å². The molecule has 0 aliphatic rings. The molecule has 0 saturated heterocycles. The van der Waals surface area contributed by atoms with Gasteiger partial charge in [0.2, 0.25) is 11.1 Å². The van der Waals surface area contributed by atoms with E-state index in [1.807, 2.05) is 24.3 Å². The average molecular weight is 444 g/mol. The highest BCUT2D eigenvalue weighted by atomic mass is 35.5. The van der Waals surface area contributed by atoms with Gasteiger partial charge in [-0.1, -0.05) is 55.4 Å². The molecular formula is C21H22ClN5O2S. The summed E-state index contributed by atoms with van der Waals surface area (Å²) in [4.78, 5) is 28.7. The van der Waals surface area contributed by atoms with Crippen LogP contribution >= 0.6 is 23.4 Å². The Morgan fingerprint density at radius 2 is 1.87 bits per heavy atom. The molecule has 30 heavy (non-hydrogen) atoms. The monoisotopic (exact) mass is 443 g/mol. The smallest absolute Gasteiger partial charge is 0.251 e. The normalized spacial score (nSPS) is 10.8. The summed E-state index contributed by atoms with van der Waals surface area (Å²) in [7, 11) is 0. The van der Waals surface area contributed by atoms with Gasteiger partial charge in [-0.2, -0.15) is 0 Å². The molecule has 0 aliphatic carbocycles. The minimum absolute atomic E-state index is 0.129. The molecule has 1 aromatic heterocycles. The van der Waals surface area contributed by atoms with Crippen LogP contribution < -0.4 is 10.6 Å². The van der Waals surface area contributed by atoms with Crippen LogP contribution in [0, 0.1) is 0 Å². The zero-order valence-corrected chi connectivity index (χ0v) is 18.2. The average Bonchev–Trinajstić information content (AvgIpc) is 3.19. The molecule has 2 aromatic carbocycles. The van der Waals surface area contributed by atoms with Gasteiger partial charge in [-0.3, -0.25) is 14.7 Å². The molecule has 0 atom stereocenters. The Balaban J connectivity index is 1.48. The third kappa shape index (κ3) is 6.08. The quantitative estimate of drug-likeness (QED) is 0.452. The Morgan fingerprint density at radius 1 is 1.13 bits per heavy atom. The number of anilines is 1. The largest absolute Gasteiger partial charge is 0.345 e. The van der Waals surface area contributed by atoms with Gasteiger partial charge in [0.1, 0.15) is 5.82 Å². The van der Waals surface area contributed by atoms with Crippen molar-refractivity contribution in [2.75, 3.05) is 11.1 Å². The first kappa shape index (κ1) is 21.9. The Bertz CT molecular complexity index is 1020. The van der Waals surface area contributed by atoms with E-state index in [0.717, 1.165) is 11.3 Å². The number of nitrogens with one attached hydrogen (secondary N) is 3. The third-order valence-electron chi connectivity index (χ3n) is 4.22. The lowest BCUT2D eigenvalue weighted by molar-refractivity contribution is -0.113. The van der Waals surface area contributed by atoms with Crippen molar-refractivity contribution >= 4 is 40.9 Å². The van der Waals surface area contributed by atoms with Gasteiger partial charge < -0.3 is 10.6 Å². The number of benzene rings is 2. The lowest BCUT2D eigenvalue weighted by Gasteiger charge is -2.13. The van der Waals surface area contributed by atoms with Crippen LogP contribution in [0.4, 0.5) is 5.69 Å². The maximum atomic E-state index is 12.3. The fourth-order valence-corrected chi connectivity index (χ4v) is 3.46. The van der Waals surface area contributed by atoms with Crippen LogP contribution in [0.5, 0.6) is 0 Å². The second kappa shape index (κ2) is 10.3. The van der Waals surface area contributed by atoms with E-state index in [2.05, 4.69) is 39.7 Å². The number of aromatic amines is 1. The second-order valence-corrected chi connectivity index (χ2v) is 8.21. The molecule has 1 heterocycles. The molecule has 0 saturated carbocycles. The predicted octanol–water partition coefficient (Wildman–Crippen LogP) is 4.24. The highest BCUT2D eigenvalue weighted by Crippen LogP contribution is 2.24. The van der Waals surface area contributed by atoms with E-state index < -0.39 is 0 Å². The molecular weight excluding hydrogens is 422 g/mol. The summed E-state index contributed by atoms with van der Waals surface area (Å²) in [6, 6.07) is 14.4. The number of thioether (sulfide) groups is 1. The number of halogens is 1. The summed E-state index contributed by atoms with van der Waals surface area (Å²) in [5.74, 6) is 0.634. The van der Waals surface area contributed by atoms with Gasteiger partial charge in [0.25, 0.3) is 5.91 Å². The minimum atomic E-state index is -0.236. The van der Waals surface area contributed by atoms with Gasteiger partial charge >= 0.3 is 0 Å². The minimum Gasteiger partial charge on any atom is -0.345 e. The summed E-state index contributed by atoms with van der Waals surface area (Å²) in [5, 5.41) is 13.6. The summed E-state index contributed by atoms with van der Waals surface area (Å²) in [6.07, 6.45) is 0. The molecule has 3 aromatic rings. The Kier molecular flexibility index (Phi) is 7.48. The van der Waals surface area contributed by atoms with Crippen molar-refractivity contribution in [2.45, 2.75) is 31.5 Å². The Labute approximate surface area is 184 Å².